The third-order valence-corrected chi connectivity index (χ3v) is 3.71. The van der Waals surface area contributed by atoms with Gasteiger partial charge in [0.25, 0.3) is 0 Å². The summed E-state index contributed by atoms with van der Waals surface area (Å²) in [7, 11) is 4.06. The molecule has 0 aliphatic heterocycles. The molecule has 96 valence electrons. The maximum Gasteiger partial charge on any atom is 0.132 e. The average molecular weight is 264 g/mol. The number of nitriles is 1. The predicted octanol–water partition coefficient (Wildman–Crippen LogP) is 2.16. The van der Waals surface area contributed by atoms with Crippen molar-refractivity contribution >= 4 is 11.6 Å². The van der Waals surface area contributed by atoms with E-state index in [1.165, 1.54) is 5.56 Å². The van der Waals surface area contributed by atoms with E-state index >= 15 is 0 Å². The van der Waals surface area contributed by atoms with Crippen molar-refractivity contribution in [3.63, 3.8) is 0 Å². The number of nitrogens with zero attached hydrogens (tertiary/aromatic N) is 2. The van der Waals surface area contributed by atoms with E-state index in [2.05, 4.69) is 16.3 Å². The van der Waals surface area contributed by atoms with E-state index in [1.807, 2.05) is 32.3 Å². The minimum atomic E-state index is -0.532. The molecule has 3 nitrogen and oxygen atoms in total. The second-order valence-electron chi connectivity index (χ2n) is 5.05. The Hall–Kier alpha value is -1.08. The van der Waals surface area contributed by atoms with Crippen LogP contribution in [0.3, 0.4) is 0 Å². The zero-order chi connectivity index (χ0) is 13.2. The van der Waals surface area contributed by atoms with Crippen molar-refractivity contribution in [2.24, 2.45) is 0 Å². The highest BCUT2D eigenvalue weighted by Gasteiger charge is 2.38. The molecule has 1 aliphatic rings. The van der Waals surface area contributed by atoms with Crippen molar-refractivity contribution in [1.29, 1.82) is 5.26 Å². The zero-order valence-electron chi connectivity index (χ0n) is 10.8. The van der Waals surface area contributed by atoms with Crippen molar-refractivity contribution in [2.45, 2.75) is 18.4 Å². The van der Waals surface area contributed by atoms with Gasteiger partial charge in [0.15, 0.2) is 0 Å². The van der Waals surface area contributed by atoms with Gasteiger partial charge < -0.3 is 4.90 Å². The smallest absolute Gasteiger partial charge is 0.132 e. The van der Waals surface area contributed by atoms with Gasteiger partial charge in [-0.05, 0) is 50.2 Å². The Morgan fingerprint density at radius 1 is 1.50 bits per heavy atom. The molecule has 0 bridgehead atoms. The highest BCUT2D eigenvalue weighted by atomic mass is 35.5. The van der Waals surface area contributed by atoms with E-state index < -0.39 is 5.54 Å². The minimum absolute atomic E-state index is 0.532. The second kappa shape index (κ2) is 5.27. The number of nitrogens with one attached hydrogen (secondary N) is 1. The Morgan fingerprint density at radius 3 is 2.94 bits per heavy atom. The maximum atomic E-state index is 9.54. The van der Waals surface area contributed by atoms with Gasteiger partial charge in [0.2, 0.25) is 0 Å². The first-order valence-electron chi connectivity index (χ1n) is 6.17. The molecule has 1 N–H and O–H groups in total. The van der Waals surface area contributed by atoms with Gasteiger partial charge in [0, 0.05) is 18.1 Å². The summed E-state index contributed by atoms with van der Waals surface area (Å²) in [6.07, 6.45) is 1.74. The van der Waals surface area contributed by atoms with Crippen LogP contribution in [0, 0.1) is 11.3 Å². The fraction of sp³-hybridized carbons (Fsp3) is 0.500. The fourth-order valence-corrected chi connectivity index (χ4v) is 2.67. The van der Waals surface area contributed by atoms with Crippen molar-refractivity contribution in [3.05, 3.63) is 34.3 Å². The van der Waals surface area contributed by atoms with Gasteiger partial charge in [-0.25, -0.2) is 0 Å². The van der Waals surface area contributed by atoms with Crippen LogP contribution in [0.2, 0.25) is 5.02 Å². The highest BCUT2D eigenvalue weighted by Crippen LogP contribution is 2.37. The van der Waals surface area contributed by atoms with Crippen molar-refractivity contribution in [2.75, 3.05) is 27.2 Å². The van der Waals surface area contributed by atoms with Gasteiger partial charge in [-0.15, -0.1) is 0 Å². The number of rotatable bonds is 4. The van der Waals surface area contributed by atoms with Crippen LogP contribution in [0.25, 0.3) is 0 Å². The summed E-state index contributed by atoms with van der Waals surface area (Å²) in [6, 6.07) is 8.28. The molecule has 1 aromatic carbocycles. The maximum absolute atomic E-state index is 9.54. The molecular formula is C14H18ClN3. The molecule has 1 aliphatic carbocycles. The van der Waals surface area contributed by atoms with E-state index in [0.29, 0.717) is 0 Å². The highest BCUT2D eigenvalue weighted by molar-refractivity contribution is 6.30. The van der Waals surface area contributed by atoms with Gasteiger partial charge in [-0.1, -0.05) is 17.7 Å². The summed E-state index contributed by atoms with van der Waals surface area (Å²) in [6.45, 7) is 1.73. The normalized spacial score (nSPS) is 21.9. The standard InChI is InChI=1S/C14H18ClN3/c1-18(2)8-7-17-14(10-16)6-5-11-9-12(15)3-4-13(11)14/h3-4,9,17H,5-8H2,1-2H3. The number of benzene rings is 1. The Kier molecular flexibility index (Phi) is 3.91. The summed E-state index contributed by atoms with van der Waals surface area (Å²) in [5.74, 6) is 0. The lowest BCUT2D eigenvalue weighted by atomic mass is 9.93. The van der Waals surface area contributed by atoms with Crippen LogP contribution in [0.4, 0.5) is 0 Å². The molecule has 4 heteroatoms. The third kappa shape index (κ3) is 2.51. The largest absolute Gasteiger partial charge is 0.308 e. The number of hydrogen-bond donors (Lipinski definition) is 1. The Labute approximate surface area is 113 Å². The number of halogens is 1. The quantitative estimate of drug-likeness (QED) is 0.905. The van der Waals surface area contributed by atoms with Gasteiger partial charge >= 0.3 is 0 Å². The summed E-state index contributed by atoms with van der Waals surface area (Å²) < 4.78 is 0. The Balaban J connectivity index is 2.19. The molecule has 1 aromatic rings. The van der Waals surface area contributed by atoms with E-state index in [-0.39, 0.29) is 0 Å². The number of fused-ring (bicyclic) bond motifs is 1. The molecule has 0 amide bonds. The van der Waals surface area contributed by atoms with E-state index in [1.54, 1.807) is 0 Å². The van der Waals surface area contributed by atoms with Crippen LogP contribution in [-0.4, -0.2) is 32.1 Å². The molecule has 0 spiro atoms. The second-order valence-corrected chi connectivity index (χ2v) is 5.49. The first kappa shape index (κ1) is 13.4. The average Bonchev–Trinajstić information content (AvgIpc) is 2.68. The zero-order valence-corrected chi connectivity index (χ0v) is 11.6. The molecule has 1 atom stereocenters. The Bertz CT molecular complexity index is 478. The molecule has 0 fully saturated rings. The number of hydrogen-bond acceptors (Lipinski definition) is 3. The molecule has 0 saturated carbocycles. The van der Waals surface area contributed by atoms with Gasteiger partial charge in [0.05, 0.1) is 6.07 Å². The van der Waals surface area contributed by atoms with Crippen molar-refractivity contribution < 1.29 is 0 Å². The van der Waals surface area contributed by atoms with E-state index in [4.69, 9.17) is 11.6 Å². The van der Waals surface area contributed by atoms with E-state index in [0.717, 1.165) is 36.5 Å². The Morgan fingerprint density at radius 2 is 2.28 bits per heavy atom. The SMILES string of the molecule is CN(C)CCNC1(C#N)CCc2cc(Cl)ccc21. The van der Waals surface area contributed by atoms with Crippen LogP contribution in [0.15, 0.2) is 18.2 Å². The minimum Gasteiger partial charge on any atom is -0.308 e. The predicted molar refractivity (Wildman–Crippen MR) is 73.6 cm³/mol. The summed E-state index contributed by atoms with van der Waals surface area (Å²) in [4.78, 5) is 2.11. The number of likely N-dealkylation sites (N-methyl/N-ethyl adjacent to an activating group) is 1. The first-order chi connectivity index (χ1) is 8.57. The summed E-state index contributed by atoms with van der Waals surface area (Å²) >= 11 is 6.00. The molecule has 0 aromatic heterocycles. The van der Waals surface area contributed by atoms with Gasteiger partial charge in [0.1, 0.15) is 5.54 Å². The molecule has 2 rings (SSSR count). The first-order valence-corrected chi connectivity index (χ1v) is 6.55. The molecule has 0 radical (unpaired) electrons. The van der Waals surface area contributed by atoms with Crippen LogP contribution in [-0.2, 0) is 12.0 Å². The summed E-state index contributed by atoms with van der Waals surface area (Å²) in [5.41, 5.74) is 1.75. The molecular weight excluding hydrogens is 246 g/mol. The molecule has 0 heterocycles. The van der Waals surface area contributed by atoms with Crippen LogP contribution in [0.5, 0.6) is 0 Å². The summed E-state index contributed by atoms with van der Waals surface area (Å²) in [5, 5.41) is 13.7. The van der Waals surface area contributed by atoms with Crippen LogP contribution < -0.4 is 5.32 Å². The lowest BCUT2D eigenvalue weighted by Crippen LogP contribution is -2.42. The lowest BCUT2D eigenvalue weighted by molar-refractivity contribution is 0.354. The topological polar surface area (TPSA) is 39.1 Å². The molecule has 1 unspecified atom stereocenters. The third-order valence-electron chi connectivity index (χ3n) is 3.47. The van der Waals surface area contributed by atoms with Crippen molar-refractivity contribution in [1.82, 2.24) is 10.2 Å². The van der Waals surface area contributed by atoms with Gasteiger partial charge in [-0.2, -0.15) is 5.26 Å². The lowest BCUT2D eigenvalue weighted by Gasteiger charge is -2.25. The number of aryl methyl sites for hydroxylation is 1. The fourth-order valence-electron chi connectivity index (χ4n) is 2.47. The van der Waals surface area contributed by atoms with Crippen LogP contribution in [0.1, 0.15) is 17.5 Å². The van der Waals surface area contributed by atoms with Crippen LogP contribution >= 0.6 is 11.6 Å². The van der Waals surface area contributed by atoms with E-state index in [9.17, 15) is 5.26 Å². The van der Waals surface area contributed by atoms with Gasteiger partial charge in [-0.3, -0.25) is 5.32 Å². The monoisotopic (exact) mass is 263 g/mol. The molecule has 0 saturated heterocycles. The van der Waals surface area contributed by atoms with Crippen molar-refractivity contribution in [3.8, 4) is 6.07 Å². The molecule has 18 heavy (non-hydrogen) atoms.